The number of hydrogen-bond donors (Lipinski definition) is 1. The highest BCUT2D eigenvalue weighted by molar-refractivity contribution is 9.10. The molecule has 140 valence electrons. The van der Waals surface area contributed by atoms with E-state index in [-0.39, 0.29) is 0 Å². The zero-order valence-corrected chi connectivity index (χ0v) is 17.3. The number of nitrogens with one attached hydrogen (secondary N) is 1. The number of benzene rings is 2. The Labute approximate surface area is 172 Å². The van der Waals surface area contributed by atoms with Crippen molar-refractivity contribution in [3.05, 3.63) is 87.1 Å². The van der Waals surface area contributed by atoms with E-state index >= 15 is 0 Å². The van der Waals surface area contributed by atoms with Crippen molar-refractivity contribution in [2.45, 2.75) is 19.7 Å². The van der Waals surface area contributed by atoms with Crippen molar-refractivity contribution in [2.24, 2.45) is 0 Å². The van der Waals surface area contributed by atoms with Gasteiger partial charge in [-0.1, -0.05) is 45.7 Å². The highest BCUT2D eigenvalue weighted by atomic mass is 79.9. The predicted octanol–water partition coefficient (Wildman–Crippen LogP) is 5.37. The summed E-state index contributed by atoms with van der Waals surface area (Å²) in [4.78, 5) is 4.14. The van der Waals surface area contributed by atoms with Crippen molar-refractivity contribution in [3.8, 4) is 11.5 Å². The first-order valence-corrected chi connectivity index (χ1v) is 9.66. The maximum absolute atomic E-state index is 6.12. The second-order valence-electron chi connectivity index (χ2n) is 5.94. The SMILES string of the molecule is COc1ccc(Br)c(CNCc2cccnc2)c1OCc1cccc(Cl)c1. The molecule has 27 heavy (non-hydrogen) atoms. The van der Waals surface area contributed by atoms with Crippen molar-refractivity contribution in [3.63, 3.8) is 0 Å². The van der Waals surface area contributed by atoms with Gasteiger partial charge in [0, 0.05) is 40.5 Å². The molecule has 0 aliphatic rings. The molecule has 0 unspecified atom stereocenters. The molecule has 0 spiro atoms. The van der Waals surface area contributed by atoms with E-state index in [1.165, 1.54) is 0 Å². The van der Waals surface area contributed by atoms with Gasteiger partial charge < -0.3 is 14.8 Å². The molecule has 0 radical (unpaired) electrons. The summed E-state index contributed by atoms with van der Waals surface area (Å²) in [6, 6.07) is 15.5. The summed E-state index contributed by atoms with van der Waals surface area (Å²) in [6.07, 6.45) is 3.62. The first-order valence-electron chi connectivity index (χ1n) is 8.49. The molecule has 1 aromatic heterocycles. The molecule has 3 rings (SSSR count). The fourth-order valence-electron chi connectivity index (χ4n) is 2.68. The van der Waals surface area contributed by atoms with Gasteiger partial charge in [0.15, 0.2) is 11.5 Å². The highest BCUT2D eigenvalue weighted by Crippen LogP contribution is 2.37. The second-order valence-corrected chi connectivity index (χ2v) is 7.23. The van der Waals surface area contributed by atoms with Crippen LogP contribution in [0.1, 0.15) is 16.7 Å². The Morgan fingerprint density at radius 3 is 2.67 bits per heavy atom. The van der Waals surface area contributed by atoms with Crippen molar-refractivity contribution < 1.29 is 9.47 Å². The maximum Gasteiger partial charge on any atom is 0.167 e. The summed E-state index contributed by atoms with van der Waals surface area (Å²) in [7, 11) is 1.64. The molecular weight excluding hydrogens is 428 g/mol. The van der Waals surface area contributed by atoms with Crippen molar-refractivity contribution in [2.75, 3.05) is 7.11 Å². The van der Waals surface area contributed by atoms with Crippen molar-refractivity contribution in [1.82, 2.24) is 10.3 Å². The van der Waals surface area contributed by atoms with Crippen LogP contribution < -0.4 is 14.8 Å². The molecular formula is C21H20BrClN2O2. The van der Waals surface area contributed by atoms with Gasteiger partial charge in [0.2, 0.25) is 0 Å². The van der Waals surface area contributed by atoms with E-state index < -0.39 is 0 Å². The smallest absolute Gasteiger partial charge is 0.167 e. The molecule has 6 heteroatoms. The van der Waals surface area contributed by atoms with Gasteiger partial charge in [-0.05, 0) is 41.5 Å². The van der Waals surface area contributed by atoms with Crippen molar-refractivity contribution in [1.29, 1.82) is 0 Å². The van der Waals surface area contributed by atoms with Gasteiger partial charge in [0.1, 0.15) is 6.61 Å². The Morgan fingerprint density at radius 2 is 1.93 bits per heavy atom. The Balaban J connectivity index is 1.75. The van der Waals surface area contributed by atoms with Crippen LogP contribution in [0.25, 0.3) is 0 Å². The first-order chi connectivity index (χ1) is 13.2. The summed E-state index contributed by atoms with van der Waals surface area (Å²) in [5, 5.41) is 4.12. The molecule has 4 nitrogen and oxygen atoms in total. The zero-order chi connectivity index (χ0) is 19.1. The summed E-state index contributed by atoms with van der Waals surface area (Å²) < 4.78 is 12.6. The van der Waals surface area contributed by atoms with Gasteiger partial charge >= 0.3 is 0 Å². The molecule has 0 saturated heterocycles. The number of nitrogens with zero attached hydrogens (tertiary/aromatic N) is 1. The van der Waals surface area contributed by atoms with Crippen LogP contribution in [-0.4, -0.2) is 12.1 Å². The van der Waals surface area contributed by atoms with Crippen LogP contribution in [0, 0.1) is 0 Å². The third-order valence-corrected chi connectivity index (χ3v) is 4.99. The number of ether oxygens (including phenoxy) is 2. The lowest BCUT2D eigenvalue weighted by atomic mass is 10.1. The zero-order valence-electron chi connectivity index (χ0n) is 14.9. The third-order valence-electron chi connectivity index (χ3n) is 4.01. The minimum Gasteiger partial charge on any atom is -0.493 e. The monoisotopic (exact) mass is 446 g/mol. The number of hydrogen-bond acceptors (Lipinski definition) is 4. The van der Waals surface area contributed by atoms with E-state index in [2.05, 4.69) is 26.2 Å². The van der Waals surface area contributed by atoms with Crippen LogP contribution in [0.2, 0.25) is 5.02 Å². The van der Waals surface area contributed by atoms with E-state index in [9.17, 15) is 0 Å². The average molecular weight is 448 g/mol. The minimum absolute atomic E-state index is 0.406. The lowest BCUT2D eigenvalue weighted by Crippen LogP contribution is -2.14. The Bertz CT molecular complexity index is 891. The van der Waals surface area contributed by atoms with E-state index in [1.807, 2.05) is 54.7 Å². The minimum atomic E-state index is 0.406. The number of rotatable bonds is 8. The standard InChI is InChI=1S/C21H20BrClN2O2/c1-26-20-8-7-19(22)18(13-25-12-16-5-3-9-24-11-16)21(20)27-14-15-4-2-6-17(23)10-15/h2-11,25H,12-14H2,1H3. The molecule has 0 bridgehead atoms. The van der Waals surface area contributed by atoms with Crippen LogP contribution in [0.4, 0.5) is 0 Å². The Kier molecular flexibility index (Phi) is 7.10. The fourth-order valence-corrected chi connectivity index (χ4v) is 3.35. The summed E-state index contributed by atoms with van der Waals surface area (Å²) in [5.41, 5.74) is 3.12. The van der Waals surface area contributed by atoms with Crippen LogP contribution >= 0.6 is 27.5 Å². The van der Waals surface area contributed by atoms with Gasteiger partial charge in [-0.25, -0.2) is 0 Å². The van der Waals surface area contributed by atoms with Gasteiger partial charge in [0.25, 0.3) is 0 Å². The summed E-state index contributed by atoms with van der Waals surface area (Å²) in [5.74, 6) is 1.41. The molecule has 1 heterocycles. The largest absolute Gasteiger partial charge is 0.493 e. The number of aromatic nitrogens is 1. The average Bonchev–Trinajstić information content (AvgIpc) is 2.69. The molecule has 0 fully saturated rings. The van der Waals surface area contributed by atoms with Crippen LogP contribution in [-0.2, 0) is 19.7 Å². The Hall–Kier alpha value is -2.08. The van der Waals surface area contributed by atoms with Gasteiger partial charge in [-0.2, -0.15) is 0 Å². The van der Waals surface area contributed by atoms with Gasteiger partial charge in [-0.15, -0.1) is 0 Å². The number of methoxy groups -OCH3 is 1. The normalized spacial score (nSPS) is 10.6. The topological polar surface area (TPSA) is 43.4 Å². The molecule has 0 aliphatic carbocycles. The molecule has 0 amide bonds. The van der Waals surface area contributed by atoms with Gasteiger partial charge in [0.05, 0.1) is 7.11 Å². The first kappa shape index (κ1) is 19.7. The molecule has 0 saturated carbocycles. The van der Waals surface area contributed by atoms with Crippen LogP contribution in [0.3, 0.4) is 0 Å². The van der Waals surface area contributed by atoms with Gasteiger partial charge in [-0.3, -0.25) is 4.98 Å². The quantitative estimate of drug-likeness (QED) is 0.504. The van der Waals surface area contributed by atoms with E-state index in [1.54, 1.807) is 13.3 Å². The molecule has 0 atom stereocenters. The van der Waals surface area contributed by atoms with E-state index in [0.717, 1.165) is 21.2 Å². The number of pyridine rings is 1. The van der Waals surface area contributed by atoms with Crippen LogP contribution in [0.15, 0.2) is 65.4 Å². The second kappa shape index (κ2) is 9.74. The third kappa shape index (κ3) is 5.45. The lowest BCUT2D eigenvalue weighted by molar-refractivity contribution is 0.280. The summed E-state index contributed by atoms with van der Waals surface area (Å²) >= 11 is 9.69. The molecule has 1 N–H and O–H groups in total. The molecule has 0 aliphatic heterocycles. The van der Waals surface area contributed by atoms with Crippen LogP contribution in [0.5, 0.6) is 11.5 Å². The summed E-state index contributed by atoms with van der Waals surface area (Å²) in [6.45, 7) is 1.74. The van der Waals surface area contributed by atoms with Crippen molar-refractivity contribution >= 4 is 27.5 Å². The predicted molar refractivity (Wildman–Crippen MR) is 111 cm³/mol. The molecule has 3 aromatic rings. The maximum atomic E-state index is 6.12. The van der Waals surface area contributed by atoms with E-state index in [4.69, 9.17) is 21.1 Å². The highest BCUT2D eigenvalue weighted by Gasteiger charge is 2.15. The lowest BCUT2D eigenvalue weighted by Gasteiger charge is -2.17. The number of halogens is 2. The van der Waals surface area contributed by atoms with E-state index in [0.29, 0.717) is 36.2 Å². The Morgan fingerprint density at radius 1 is 1.07 bits per heavy atom. The molecule has 2 aromatic carbocycles. The fraction of sp³-hybridized carbons (Fsp3) is 0.190.